The average molecular weight is 354 g/mol. The standard InChI is InChI=1S/C21H26N2O3/c1-2-3-12-25-21-18(8-5-11-22-21)14-23-20(24)15-26-19-10-9-16-6-4-7-17(16)13-19/h5,8-11,13H,2-4,6-7,12,14-15H2,1H3,(H,23,24). The van der Waals surface area contributed by atoms with Crippen molar-refractivity contribution >= 4 is 5.91 Å². The topological polar surface area (TPSA) is 60.5 Å². The third-order valence-corrected chi connectivity index (χ3v) is 4.50. The van der Waals surface area contributed by atoms with E-state index in [-0.39, 0.29) is 12.5 Å². The Labute approximate surface area is 154 Å². The van der Waals surface area contributed by atoms with Crippen molar-refractivity contribution in [3.63, 3.8) is 0 Å². The Balaban J connectivity index is 1.47. The maximum Gasteiger partial charge on any atom is 0.258 e. The van der Waals surface area contributed by atoms with Gasteiger partial charge < -0.3 is 14.8 Å². The molecule has 0 atom stereocenters. The highest BCUT2D eigenvalue weighted by Gasteiger charge is 2.12. The number of hydrogen-bond acceptors (Lipinski definition) is 4. The molecule has 5 heteroatoms. The van der Waals surface area contributed by atoms with Gasteiger partial charge in [0.25, 0.3) is 5.91 Å². The first-order chi connectivity index (χ1) is 12.8. The van der Waals surface area contributed by atoms with E-state index in [1.165, 1.54) is 17.5 Å². The Bertz CT molecular complexity index is 746. The fraction of sp³-hybridized carbons (Fsp3) is 0.429. The smallest absolute Gasteiger partial charge is 0.258 e. The van der Waals surface area contributed by atoms with Gasteiger partial charge >= 0.3 is 0 Å². The highest BCUT2D eigenvalue weighted by molar-refractivity contribution is 5.77. The average Bonchev–Trinajstić information content (AvgIpc) is 3.13. The van der Waals surface area contributed by atoms with Gasteiger partial charge in [-0.15, -0.1) is 0 Å². The van der Waals surface area contributed by atoms with Crippen LogP contribution in [0, 0.1) is 0 Å². The summed E-state index contributed by atoms with van der Waals surface area (Å²) in [5.41, 5.74) is 3.61. The molecule has 0 aliphatic heterocycles. The van der Waals surface area contributed by atoms with Gasteiger partial charge in [0, 0.05) is 18.3 Å². The summed E-state index contributed by atoms with van der Waals surface area (Å²) in [5, 5.41) is 2.87. The van der Waals surface area contributed by atoms with E-state index in [2.05, 4.69) is 29.4 Å². The number of fused-ring (bicyclic) bond motifs is 1. The summed E-state index contributed by atoms with van der Waals surface area (Å²) >= 11 is 0. The minimum atomic E-state index is -0.158. The number of aryl methyl sites for hydroxylation is 2. The number of nitrogens with zero attached hydrogens (tertiary/aromatic N) is 1. The Hall–Kier alpha value is -2.56. The molecule has 0 radical (unpaired) electrons. The summed E-state index contributed by atoms with van der Waals surface area (Å²) in [5.74, 6) is 1.18. The SMILES string of the molecule is CCCCOc1ncccc1CNC(=O)COc1ccc2c(c1)CCC2. The molecule has 2 aromatic rings. The van der Waals surface area contributed by atoms with Gasteiger partial charge in [-0.3, -0.25) is 4.79 Å². The molecule has 1 heterocycles. The first-order valence-corrected chi connectivity index (χ1v) is 9.34. The van der Waals surface area contributed by atoms with Gasteiger partial charge in [0.2, 0.25) is 5.88 Å². The van der Waals surface area contributed by atoms with Crippen molar-refractivity contribution in [2.24, 2.45) is 0 Å². The van der Waals surface area contributed by atoms with Gasteiger partial charge in [0.15, 0.2) is 6.61 Å². The predicted octanol–water partition coefficient (Wildman–Crippen LogP) is 3.44. The fourth-order valence-corrected chi connectivity index (χ4v) is 3.03. The molecule has 1 N–H and O–H groups in total. The molecule has 1 amide bonds. The maximum absolute atomic E-state index is 12.1. The number of nitrogens with one attached hydrogen (secondary N) is 1. The molecule has 1 aliphatic rings. The third kappa shape index (κ3) is 4.97. The van der Waals surface area contributed by atoms with Crippen molar-refractivity contribution < 1.29 is 14.3 Å². The zero-order valence-electron chi connectivity index (χ0n) is 15.3. The maximum atomic E-state index is 12.1. The number of pyridine rings is 1. The Kier molecular flexibility index (Phi) is 6.47. The molecule has 0 unspecified atom stereocenters. The molecule has 1 aromatic heterocycles. The number of benzene rings is 1. The van der Waals surface area contributed by atoms with Crippen LogP contribution in [0.3, 0.4) is 0 Å². The Morgan fingerprint density at radius 3 is 2.96 bits per heavy atom. The van der Waals surface area contributed by atoms with Gasteiger partial charge in [0.05, 0.1) is 6.61 Å². The van der Waals surface area contributed by atoms with E-state index >= 15 is 0 Å². The van der Waals surface area contributed by atoms with Crippen molar-refractivity contribution in [2.75, 3.05) is 13.2 Å². The zero-order chi connectivity index (χ0) is 18.2. The van der Waals surface area contributed by atoms with E-state index in [0.29, 0.717) is 19.0 Å². The molecule has 138 valence electrons. The number of amides is 1. The van der Waals surface area contributed by atoms with E-state index in [0.717, 1.165) is 37.0 Å². The number of aromatic nitrogens is 1. The normalized spacial score (nSPS) is 12.5. The van der Waals surface area contributed by atoms with Crippen LogP contribution in [-0.2, 0) is 24.2 Å². The second-order valence-electron chi connectivity index (χ2n) is 6.52. The molecule has 1 aliphatic carbocycles. The fourth-order valence-electron chi connectivity index (χ4n) is 3.03. The van der Waals surface area contributed by atoms with E-state index in [4.69, 9.17) is 9.47 Å². The Morgan fingerprint density at radius 2 is 2.08 bits per heavy atom. The first kappa shape index (κ1) is 18.2. The number of carbonyl (C=O) groups is 1. The summed E-state index contributed by atoms with van der Waals surface area (Å²) in [7, 11) is 0. The molecular formula is C21H26N2O3. The molecule has 0 spiro atoms. The molecule has 0 bridgehead atoms. The zero-order valence-corrected chi connectivity index (χ0v) is 15.3. The minimum Gasteiger partial charge on any atom is -0.484 e. The number of unbranched alkanes of at least 4 members (excludes halogenated alkanes) is 1. The van der Waals surface area contributed by atoms with Crippen molar-refractivity contribution in [3.05, 3.63) is 53.2 Å². The van der Waals surface area contributed by atoms with Crippen LogP contribution in [0.2, 0.25) is 0 Å². The van der Waals surface area contributed by atoms with E-state index in [1.807, 2.05) is 18.2 Å². The molecule has 5 nitrogen and oxygen atoms in total. The molecule has 0 saturated carbocycles. The van der Waals surface area contributed by atoms with Crippen LogP contribution in [0.4, 0.5) is 0 Å². The quantitative estimate of drug-likeness (QED) is 0.701. The van der Waals surface area contributed by atoms with Crippen molar-refractivity contribution in [1.29, 1.82) is 0 Å². The number of ether oxygens (including phenoxy) is 2. The third-order valence-electron chi connectivity index (χ3n) is 4.50. The van der Waals surface area contributed by atoms with Crippen LogP contribution in [0.5, 0.6) is 11.6 Å². The molecule has 0 fully saturated rings. The van der Waals surface area contributed by atoms with Crippen molar-refractivity contribution in [3.8, 4) is 11.6 Å². The van der Waals surface area contributed by atoms with Crippen LogP contribution in [0.25, 0.3) is 0 Å². The lowest BCUT2D eigenvalue weighted by atomic mass is 10.1. The van der Waals surface area contributed by atoms with Crippen molar-refractivity contribution in [2.45, 2.75) is 45.6 Å². The summed E-state index contributed by atoms with van der Waals surface area (Å²) in [4.78, 5) is 16.3. The molecular weight excluding hydrogens is 328 g/mol. The monoisotopic (exact) mass is 354 g/mol. The summed E-state index contributed by atoms with van der Waals surface area (Å²) < 4.78 is 11.3. The van der Waals surface area contributed by atoms with Gasteiger partial charge in [-0.1, -0.05) is 25.5 Å². The second kappa shape index (κ2) is 9.22. The first-order valence-electron chi connectivity index (χ1n) is 9.34. The Morgan fingerprint density at radius 1 is 1.19 bits per heavy atom. The van der Waals surface area contributed by atoms with E-state index < -0.39 is 0 Å². The number of rotatable bonds is 9. The largest absolute Gasteiger partial charge is 0.484 e. The molecule has 1 aromatic carbocycles. The van der Waals surface area contributed by atoms with Crippen LogP contribution >= 0.6 is 0 Å². The summed E-state index contributed by atoms with van der Waals surface area (Å²) in [6.45, 7) is 3.13. The van der Waals surface area contributed by atoms with E-state index in [9.17, 15) is 4.79 Å². The van der Waals surface area contributed by atoms with Crippen LogP contribution in [0.15, 0.2) is 36.5 Å². The van der Waals surface area contributed by atoms with Crippen LogP contribution in [-0.4, -0.2) is 24.1 Å². The minimum absolute atomic E-state index is 0.00503. The van der Waals surface area contributed by atoms with Gasteiger partial charge in [0.1, 0.15) is 5.75 Å². The van der Waals surface area contributed by atoms with E-state index in [1.54, 1.807) is 6.20 Å². The lowest BCUT2D eigenvalue weighted by molar-refractivity contribution is -0.123. The van der Waals surface area contributed by atoms with Crippen LogP contribution < -0.4 is 14.8 Å². The molecule has 0 saturated heterocycles. The number of carbonyl (C=O) groups excluding carboxylic acids is 1. The lowest BCUT2D eigenvalue weighted by Crippen LogP contribution is -2.28. The van der Waals surface area contributed by atoms with Gasteiger partial charge in [-0.05, 0) is 55.0 Å². The molecule has 3 rings (SSSR count). The van der Waals surface area contributed by atoms with Gasteiger partial charge in [-0.2, -0.15) is 0 Å². The number of hydrogen-bond donors (Lipinski definition) is 1. The molecule has 26 heavy (non-hydrogen) atoms. The van der Waals surface area contributed by atoms with Crippen LogP contribution in [0.1, 0.15) is 42.9 Å². The highest BCUT2D eigenvalue weighted by atomic mass is 16.5. The lowest BCUT2D eigenvalue weighted by Gasteiger charge is -2.11. The van der Waals surface area contributed by atoms with Gasteiger partial charge in [-0.25, -0.2) is 4.98 Å². The highest BCUT2D eigenvalue weighted by Crippen LogP contribution is 2.25. The summed E-state index contributed by atoms with van der Waals surface area (Å²) in [6.07, 6.45) is 7.19. The second-order valence-corrected chi connectivity index (χ2v) is 6.52. The summed E-state index contributed by atoms with van der Waals surface area (Å²) in [6, 6.07) is 9.85. The van der Waals surface area contributed by atoms with Crippen molar-refractivity contribution in [1.82, 2.24) is 10.3 Å². The predicted molar refractivity (Wildman–Crippen MR) is 100 cm³/mol.